The van der Waals surface area contributed by atoms with Crippen LogP contribution in [0.25, 0.3) is 22.4 Å². The van der Waals surface area contributed by atoms with Gasteiger partial charge in [-0.25, -0.2) is 18.4 Å². The molecule has 0 aliphatic rings. The predicted octanol–water partition coefficient (Wildman–Crippen LogP) is 3.10. The summed E-state index contributed by atoms with van der Waals surface area (Å²) in [6.07, 6.45) is -0.822. The Morgan fingerprint density at radius 3 is 2.57 bits per heavy atom. The molecule has 0 saturated carbocycles. The fourth-order valence-electron chi connectivity index (χ4n) is 2.46. The molecule has 5 nitrogen and oxygen atoms in total. The molecule has 0 spiro atoms. The van der Waals surface area contributed by atoms with E-state index < -0.39 is 6.43 Å². The molecule has 3 aromatic heterocycles. The Hall–Kier alpha value is -2.31. The maximum absolute atomic E-state index is 13.4. The second kappa shape index (κ2) is 4.91. The second-order valence-corrected chi connectivity index (χ2v) is 4.87. The van der Waals surface area contributed by atoms with Crippen molar-refractivity contribution in [3.8, 4) is 11.4 Å². The number of rotatable bonds is 3. The average molecular weight is 291 g/mol. The summed E-state index contributed by atoms with van der Waals surface area (Å²) in [5, 5.41) is 8.95. The quantitative estimate of drug-likeness (QED) is 0.745. The molecule has 0 bridgehead atoms. The SMILES string of the molecule is CCn1nc(C)c2c(C(F)F)cc(-c3ccn(C)n3)nc21. The van der Waals surface area contributed by atoms with Gasteiger partial charge in [-0.2, -0.15) is 10.2 Å². The molecule has 3 rings (SSSR count). The largest absolute Gasteiger partial charge is 0.275 e. The lowest BCUT2D eigenvalue weighted by Gasteiger charge is -2.06. The highest BCUT2D eigenvalue weighted by atomic mass is 19.3. The van der Waals surface area contributed by atoms with Crippen molar-refractivity contribution >= 4 is 11.0 Å². The third-order valence-corrected chi connectivity index (χ3v) is 3.42. The Labute approximate surface area is 120 Å². The number of fused-ring (bicyclic) bond motifs is 1. The smallest absolute Gasteiger partial charge is 0.264 e. The van der Waals surface area contributed by atoms with Gasteiger partial charge >= 0.3 is 0 Å². The van der Waals surface area contributed by atoms with E-state index in [1.165, 1.54) is 6.07 Å². The highest BCUT2D eigenvalue weighted by molar-refractivity contribution is 5.85. The number of hydrogen-bond acceptors (Lipinski definition) is 3. The van der Waals surface area contributed by atoms with Crippen LogP contribution in [0.15, 0.2) is 18.3 Å². The van der Waals surface area contributed by atoms with Crippen LogP contribution in [0.5, 0.6) is 0 Å². The van der Waals surface area contributed by atoms with Crippen LogP contribution >= 0.6 is 0 Å². The predicted molar refractivity (Wildman–Crippen MR) is 75.1 cm³/mol. The molecule has 0 amide bonds. The van der Waals surface area contributed by atoms with Gasteiger partial charge in [-0.3, -0.25) is 4.68 Å². The zero-order valence-corrected chi connectivity index (χ0v) is 12.0. The molecule has 7 heteroatoms. The first kappa shape index (κ1) is 13.7. The van der Waals surface area contributed by atoms with Crippen LogP contribution in [0, 0.1) is 6.92 Å². The van der Waals surface area contributed by atoms with Gasteiger partial charge in [-0.05, 0) is 26.0 Å². The molecule has 0 N–H and O–H groups in total. The molecule has 0 radical (unpaired) electrons. The lowest BCUT2D eigenvalue weighted by atomic mass is 10.1. The molecule has 0 fully saturated rings. The lowest BCUT2D eigenvalue weighted by Crippen LogP contribution is -2.00. The zero-order chi connectivity index (χ0) is 15.1. The first-order valence-electron chi connectivity index (χ1n) is 6.67. The van der Waals surface area contributed by atoms with Crippen LogP contribution < -0.4 is 0 Å². The fourth-order valence-corrected chi connectivity index (χ4v) is 2.46. The summed E-state index contributed by atoms with van der Waals surface area (Å²) in [4.78, 5) is 4.48. The van der Waals surface area contributed by atoms with E-state index in [4.69, 9.17) is 0 Å². The minimum Gasteiger partial charge on any atom is -0.275 e. The van der Waals surface area contributed by atoms with Crippen molar-refractivity contribution in [2.75, 3.05) is 0 Å². The van der Waals surface area contributed by atoms with Gasteiger partial charge in [0.15, 0.2) is 5.65 Å². The highest BCUT2D eigenvalue weighted by Gasteiger charge is 2.21. The number of aromatic nitrogens is 5. The molecule has 0 aliphatic carbocycles. The van der Waals surface area contributed by atoms with Crippen molar-refractivity contribution < 1.29 is 8.78 Å². The molecule has 0 saturated heterocycles. The molecular weight excluding hydrogens is 276 g/mol. The summed E-state index contributed by atoms with van der Waals surface area (Å²) < 4.78 is 30.1. The fraction of sp³-hybridized carbons (Fsp3) is 0.357. The second-order valence-electron chi connectivity index (χ2n) is 4.87. The van der Waals surface area contributed by atoms with Gasteiger partial charge in [-0.1, -0.05) is 0 Å². The van der Waals surface area contributed by atoms with Crippen molar-refractivity contribution in [2.45, 2.75) is 26.8 Å². The van der Waals surface area contributed by atoms with Gasteiger partial charge in [0.1, 0.15) is 5.69 Å². The maximum atomic E-state index is 13.4. The topological polar surface area (TPSA) is 48.5 Å². The molecule has 21 heavy (non-hydrogen) atoms. The molecule has 0 aromatic carbocycles. The Kier molecular flexibility index (Phi) is 3.19. The van der Waals surface area contributed by atoms with Crippen molar-refractivity contribution in [3.63, 3.8) is 0 Å². The molecule has 110 valence electrons. The summed E-state index contributed by atoms with van der Waals surface area (Å²) >= 11 is 0. The summed E-state index contributed by atoms with van der Waals surface area (Å²) in [5.74, 6) is 0. The van der Waals surface area contributed by atoms with Crippen molar-refractivity contribution in [1.82, 2.24) is 24.5 Å². The molecular formula is C14H15F2N5. The van der Waals surface area contributed by atoms with E-state index in [9.17, 15) is 8.78 Å². The van der Waals surface area contributed by atoms with E-state index >= 15 is 0 Å². The first-order valence-corrected chi connectivity index (χ1v) is 6.67. The van der Waals surface area contributed by atoms with Gasteiger partial charge in [0.05, 0.1) is 16.8 Å². The number of hydrogen-bond donors (Lipinski definition) is 0. The lowest BCUT2D eigenvalue weighted by molar-refractivity contribution is 0.153. The Bertz CT molecular complexity index is 803. The molecule has 3 heterocycles. The molecule has 0 atom stereocenters. The van der Waals surface area contributed by atoms with E-state index in [0.717, 1.165) is 0 Å². The summed E-state index contributed by atoms with van der Waals surface area (Å²) in [6.45, 7) is 4.21. The standard InChI is InChI=1S/C14H15F2N5/c1-4-21-14-12(8(2)18-21)9(13(15)16)7-11(17-14)10-5-6-20(3)19-10/h5-7,13H,4H2,1-3H3. The number of pyridine rings is 1. The third kappa shape index (κ3) is 2.18. The summed E-state index contributed by atoms with van der Waals surface area (Å²) in [6, 6.07) is 3.16. The van der Waals surface area contributed by atoms with Crippen LogP contribution in [0.3, 0.4) is 0 Å². The normalized spacial score (nSPS) is 11.7. The van der Waals surface area contributed by atoms with E-state index in [2.05, 4.69) is 15.2 Å². The highest BCUT2D eigenvalue weighted by Crippen LogP contribution is 2.32. The van der Waals surface area contributed by atoms with Crippen LogP contribution in [0.2, 0.25) is 0 Å². The summed E-state index contributed by atoms with van der Waals surface area (Å²) in [5.41, 5.74) is 2.02. The third-order valence-electron chi connectivity index (χ3n) is 3.42. The zero-order valence-electron chi connectivity index (χ0n) is 12.0. The monoisotopic (exact) mass is 291 g/mol. The van der Waals surface area contributed by atoms with Crippen LogP contribution in [0.4, 0.5) is 8.78 Å². The Balaban J connectivity index is 2.33. The van der Waals surface area contributed by atoms with E-state index in [0.29, 0.717) is 34.7 Å². The van der Waals surface area contributed by atoms with Gasteiger partial charge in [0, 0.05) is 25.4 Å². The molecule has 0 unspecified atom stereocenters. The summed E-state index contributed by atoms with van der Waals surface area (Å²) in [7, 11) is 1.77. The minimum atomic E-state index is -2.58. The van der Waals surface area contributed by atoms with E-state index in [1.807, 2.05) is 6.92 Å². The molecule has 0 aliphatic heterocycles. The van der Waals surface area contributed by atoms with E-state index in [1.54, 1.807) is 35.6 Å². The van der Waals surface area contributed by atoms with Gasteiger partial charge in [0.25, 0.3) is 6.43 Å². The van der Waals surface area contributed by atoms with Gasteiger partial charge in [-0.15, -0.1) is 0 Å². The number of nitrogens with zero attached hydrogens (tertiary/aromatic N) is 5. The van der Waals surface area contributed by atoms with Crippen molar-refractivity contribution in [2.24, 2.45) is 7.05 Å². The number of halogens is 2. The Morgan fingerprint density at radius 2 is 2.00 bits per heavy atom. The number of aryl methyl sites for hydroxylation is 3. The van der Waals surface area contributed by atoms with Crippen LogP contribution in [0.1, 0.15) is 24.6 Å². The van der Waals surface area contributed by atoms with Crippen LogP contribution in [-0.2, 0) is 13.6 Å². The Morgan fingerprint density at radius 1 is 1.24 bits per heavy atom. The first-order chi connectivity index (χ1) is 10.0. The van der Waals surface area contributed by atoms with Gasteiger partial charge in [0.2, 0.25) is 0 Å². The minimum absolute atomic E-state index is 0.0437. The van der Waals surface area contributed by atoms with Crippen LogP contribution in [-0.4, -0.2) is 24.5 Å². The average Bonchev–Trinajstić information content (AvgIpc) is 3.02. The van der Waals surface area contributed by atoms with E-state index in [-0.39, 0.29) is 5.56 Å². The van der Waals surface area contributed by atoms with Crippen molar-refractivity contribution in [3.05, 3.63) is 29.6 Å². The van der Waals surface area contributed by atoms with Crippen molar-refractivity contribution in [1.29, 1.82) is 0 Å². The molecule has 3 aromatic rings. The van der Waals surface area contributed by atoms with Gasteiger partial charge < -0.3 is 0 Å². The number of alkyl halides is 2. The maximum Gasteiger partial charge on any atom is 0.264 e.